The van der Waals surface area contributed by atoms with Gasteiger partial charge in [0.1, 0.15) is 5.82 Å². The van der Waals surface area contributed by atoms with Crippen LogP contribution in [0.15, 0.2) is 42.6 Å². The molecule has 0 amide bonds. The number of benzene rings is 1. The monoisotopic (exact) mass is 214 g/mol. The smallest absolute Gasteiger partial charge is 0.335 e. The van der Waals surface area contributed by atoms with E-state index >= 15 is 0 Å². The molecule has 0 atom stereocenters. The van der Waals surface area contributed by atoms with Crippen LogP contribution in [0.5, 0.6) is 0 Å². The van der Waals surface area contributed by atoms with E-state index in [9.17, 15) is 4.79 Å². The lowest BCUT2D eigenvalue weighted by Crippen LogP contribution is -1.95. The summed E-state index contributed by atoms with van der Waals surface area (Å²) in [7, 11) is 0. The number of carbonyl (C=O) groups is 1. The normalized spacial score (nSPS) is 10.0. The molecule has 0 aliphatic heterocycles. The highest BCUT2D eigenvalue weighted by Gasteiger charge is 2.03. The minimum absolute atomic E-state index is 0.269. The van der Waals surface area contributed by atoms with Crippen LogP contribution in [0.3, 0.4) is 0 Å². The van der Waals surface area contributed by atoms with Crippen molar-refractivity contribution in [3.8, 4) is 11.1 Å². The van der Waals surface area contributed by atoms with Crippen molar-refractivity contribution < 1.29 is 9.90 Å². The number of rotatable bonds is 2. The SMILES string of the molecule is Nc1cc(-c2ccc(C(=O)O)cc2)ccn1. The number of hydrogen-bond donors (Lipinski definition) is 2. The van der Waals surface area contributed by atoms with E-state index in [1.807, 2.05) is 6.07 Å². The topological polar surface area (TPSA) is 76.2 Å². The molecular weight excluding hydrogens is 204 g/mol. The van der Waals surface area contributed by atoms with Crippen molar-refractivity contribution in [3.05, 3.63) is 48.2 Å². The molecule has 0 fully saturated rings. The fourth-order valence-corrected chi connectivity index (χ4v) is 1.43. The van der Waals surface area contributed by atoms with Gasteiger partial charge in [-0.1, -0.05) is 12.1 Å². The molecule has 1 heterocycles. The van der Waals surface area contributed by atoms with Gasteiger partial charge in [0.05, 0.1) is 5.56 Å². The summed E-state index contributed by atoms with van der Waals surface area (Å²) in [6, 6.07) is 10.2. The quantitative estimate of drug-likeness (QED) is 0.801. The molecule has 3 N–H and O–H groups in total. The van der Waals surface area contributed by atoms with E-state index < -0.39 is 5.97 Å². The molecule has 0 spiro atoms. The van der Waals surface area contributed by atoms with Gasteiger partial charge in [-0.05, 0) is 35.4 Å². The zero-order chi connectivity index (χ0) is 11.5. The molecule has 4 nitrogen and oxygen atoms in total. The van der Waals surface area contributed by atoms with E-state index in [2.05, 4.69) is 4.98 Å². The number of nitrogen functional groups attached to an aromatic ring is 1. The van der Waals surface area contributed by atoms with Gasteiger partial charge >= 0.3 is 5.97 Å². The summed E-state index contributed by atoms with van der Waals surface area (Å²) in [5.41, 5.74) is 7.67. The molecule has 16 heavy (non-hydrogen) atoms. The van der Waals surface area contributed by atoms with Crippen molar-refractivity contribution in [1.29, 1.82) is 0 Å². The third-order valence-corrected chi connectivity index (χ3v) is 2.25. The van der Waals surface area contributed by atoms with E-state index in [1.54, 1.807) is 36.5 Å². The third-order valence-electron chi connectivity index (χ3n) is 2.25. The molecule has 0 aliphatic carbocycles. The molecular formula is C12H10N2O2. The van der Waals surface area contributed by atoms with E-state index in [-0.39, 0.29) is 5.56 Å². The van der Waals surface area contributed by atoms with Crippen LogP contribution < -0.4 is 5.73 Å². The van der Waals surface area contributed by atoms with E-state index in [0.717, 1.165) is 11.1 Å². The maximum absolute atomic E-state index is 10.7. The average molecular weight is 214 g/mol. The number of carboxylic acid groups (broad SMARTS) is 1. The lowest BCUT2D eigenvalue weighted by molar-refractivity contribution is 0.0697. The van der Waals surface area contributed by atoms with Crippen molar-refractivity contribution in [3.63, 3.8) is 0 Å². The first kappa shape index (κ1) is 10.2. The molecule has 1 aromatic heterocycles. The van der Waals surface area contributed by atoms with Crippen LogP contribution in [0.25, 0.3) is 11.1 Å². The first-order valence-corrected chi connectivity index (χ1v) is 4.72. The number of carboxylic acids is 1. The Morgan fingerprint density at radius 1 is 1.12 bits per heavy atom. The number of anilines is 1. The summed E-state index contributed by atoms with van der Waals surface area (Å²) in [5, 5.41) is 8.76. The first-order chi connectivity index (χ1) is 7.66. The minimum Gasteiger partial charge on any atom is -0.478 e. The van der Waals surface area contributed by atoms with E-state index in [4.69, 9.17) is 10.8 Å². The summed E-state index contributed by atoms with van der Waals surface area (Å²) in [6.07, 6.45) is 1.62. The molecule has 0 saturated carbocycles. The number of nitrogens with two attached hydrogens (primary N) is 1. The van der Waals surface area contributed by atoms with E-state index in [1.165, 1.54) is 0 Å². The zero-order valence-electron chi connectivity index (χ0n) is 8.42. The third kappa shape index (κ3) is 2.00. The molecule has 0 saturated heterocycles. The van der Waals surface area contributed by atoms with Gasteiger partial charge in [0, 0.05) is 6.20 Å². The Bertz CT molecular complexity index is 521. The van der Waals surface area contributed by atoms with Crippen molar-refractivity contribution in [2.75, 3.05) is 5.73 Å². The number of hydrogen-bond acceptors (Lipinski definition) is 3. The second-order valence-corrected chi connectivity index (χ2v) is 3.35. The molecule has 0 radical (unpaired) electrons. The van der Waals surface area contributed by atoms with Gasteiger partial charge in [-0.25, -0.2) is 9.78 Å². The summed E-state index contributed by atoms with van der Waals surface area (Å²) >= 11 is 0. The highest BCUT2D eigenvalue weighted by atomic mass is 16.4. The highest BCUT2D eigenvalue weighted by Crippen LogP contribution is 2.20. The van der Waals surface area contributed by atoms with Gasteiger partial charge in [0.2, 0.25) is 0 Å². The number of aromatic carboxylic acids is 1. The predicted octanol–water partition coefficient (Wildman–Crippen LogP) is 2.03. The summed E-state index contributed by atoms with van der Waals surface area (Å²) in [5.74, 6) is -0.486. The van der Waals surface area contributed by atoms with Gasteiger partial charge < -0.3 is 10.8 Å². The molecule has 80 valence electrons. The van der Waals surface area contributed by atoms with Crippen LogP contribution in [0, 0.1) is 0 Å². The summed E-state index contributed by atoms with van der Waals surface area (Å²) in [4.78, 5) is 14.6. The van der Waals surface area contributed by atoms with Gasteiger partial charge in [-0.15, -0.1) is 0 Å². The standard InChI is InChI=1S/C12H10N2O2/c13-11-7-10(5-6-14-11)8-1-3-9(4-2-8)12(15)16/h1-7H,(H2,13,14)(H,15,16). The van der Waals surface area contributed by atoms with Crippen molar-refractivity contribution in [1.82, 2.24) is 4.98 Å². The van der Waals surface area contributed by atoms with Crippen LogP contribution in [0.2, 0.25) is 0 Å². The number of pyridine rings is 1. The largest absolute Gasteiger partial charge is 0.478 e. The molecule has 2 rings (SSSR count). The van der Waals surface area contributed by atoms with Gasteiger partial charge in [0.15, 0.2) is 0 Å². The molecule has 0 bridgehead atoms. The lowest BCUT2D eigenvalue weighted by Gasteiger charge is -2.02. The number of aromatic nitrogens is 1. The Labute approximate surface area is 92.4 Å². The Balaban J connectivity index is 2.38. The van der Waals surface area contributed by atoms with Crippen LogP contribution in [-0.2, 0) is 0 Å². The van der Waals surface area contributed by atoms with Crippen LogP contribution >= 0.6 is 0 Å². The second-order valence-electron chi connectivity index (χ2n) is 3.35. The predicted molar refractivity (Wildman–Crippen MR) is 61.0 cm³/mol. The fraction of sp³-hybridized carbons (Fsp3) is 0. The maximum atomic E-state index is 10.7. The average Bonchev–Trinajstić information content (AvgIpc) is 2.29. The molecule has 0 aliphatic rings. The Morgan fingerprint density at radius 2 is 1.81 bits per heavy atom. The van der Waals surface area contributed by atoms with Crippen LogP contribution in [0.1, 0.15) is 10.4 Å². The van der Waals surface area contributed by atoms with Crippen LogP contribution in [0.4, 0.5) is 5.82 Å². The fourth-order valence-electron chi connectivity index (χ4n) is 1.43. The van der Waals surface area contributed by atoms with E-state index in [0.29, 0.717) is 5.82 Å². The van der Waals surface area contributed by atoms with Gasteiger partial charge in [-0.3, -0.25) is 0 Å². The number of nitrogens with zero attached hydrogens (tertiary/aromatic N) is 1. The van der Waals surface area contributed by atoms with Crippen molar-refractivity contribution in [2.45, 2.75) is 0 Å². The van der Waals surface area contributed by atoms with Crippen LogP contribution in [-0.4, -0.2) is 16.1 Å². The minimum atomic E-state index is -0.930. The summed E-state index contributed by atoms with van der Waals surface area (Å²) in [6.45, 7) is 0. The molecule has 4 heteroatoms. The Kier molecular flexibility index (Phi) is 2.55. The Morgan fingerprint density at radius 3 is 2.38 bits per heavy atom. The van der Waals surface area contributed by atoms with Crippen molar-refractivity contribution >= 4 is 11.8 Å². The maximum Gasteiger partial charge on any atom is 0.335 e. The lowest BCUT2D eigenvalue weighted by atomic mass is 10.1. The Hall–Kier alpha value is -2.36. The van der Waals surface area contributed by atoms with Gasteiger partial charge in [-0.2, -0.15) is 0 Å². The summed E-state index contributed by atoms with van der Waals surface area (Å²) < 4.78 is 0. The highest BCUT2D eigenvalue weighted by molar-refractivity contribution is 5.88. The molecule has 2 aromatic rings. The second kappa shape index (κ2) is 4.02. The molecule has 0 unspecified atom stereocenters. The zero-order valence-corrected chi connectivity index (χ0v) is 8.42. The van der Waals surface area contributed by atoms with Crippen molar-refractivity contribution in [2.24, 2.45) is 0 Å². The molecule has 1 aromatic carbocycles. The van der Waals surface area contributed by atoms with Gasteiger partial charge in [0.25, 0.3) is 0 Å². The first-order valence-electron chi connectivity index (χ1n) is 4.72.